The van der Waals surface area contributed by atoms with Gasteiger partial charge < -0.3 is 10.0 Å². The van der Waals surface area contributed by atoms with E-state index in [0.717, 1.165) is 11.1 Å². The highest BCUT2D eigenvalue weighted by Crippen LogP contribution is 2.44. The number of rotatable bonds is 5. The van der Waals surface area contributed by atoms with E-state index in [1.54, 1.807) is 41.3 Å². The summed E-state index contributed by atoms with van der Waals surface area (Å²) in [5, 5.41) is 22.6. The van der Waals surface area contributed by atoms with Crippen LogP contribution in [-0.2, 0) is 11.3 Å². The molecule has 0 radical (unpaired) electrons. The molecule has 1 aliphatic rings. The second kappa shape index (κ2) is 9.01. The maximum absolute atomic E-state index is 13.4. The molecule has 32 heavy (non-hydrogen) atoms. The van der Waals surface area contributed by atoms with Crippen LogP contribution in [0.3, 0.4) is 0 Å². The van der Waals surface area contributed by atoms with Gasteiger partial charge >= 0.3 is 0 Å². The number of aromatic hydroxyl groups is 1. The Kier molecular flexibility index (Phi) is 6.15. The first-order valence-corrected chi connectivity index (χ1v) is 10.7. The number of phenols is 1. The minimum absolute atomic E-state index is 0.00414. The third-order valence-electron chi connectivity index (χ3n) is 6.04. The molecule has 0 unspecified atom stereocenters. The molecule has 4 rings (SSSR count). The zero-order valence-electron chi connectivity index (χ0n) is 17.5. The SMILES string of the molecule is Cc1ccc(CN2C(=O)C[C@@H](c3ccccc3Cl)[C@H]([N+](=O)[O-])[C@H]2c2ccc(O)cc2)cc1. The minimum atomic E-state index is -1.09. The Morgan fingerprint density at radius 1 is 1.06 bits per heavy atom. The van der Waals surface area contributed by atoms with Gasteiger partial charge in [-0.2, -0.15) is 0 Å². The number of phenolic OH excluding ortho intramolecular Hbond substituents is 1. The first-order chi connectivity index (χ1) is 15.3. The van der Waals surface area contributed by atoms with E-state index >= 15 is 0 Å². The van der Waals surface area contributed by atoms with Gasteiger partial charge in [-0.25, -0.2) is 0 Å². The van der Waals surface area contributed by atoms with Crippen molar-refractivity contribution in [2.24, 2.45) is 0 Å². The predicted molar refractivity (Wildman–Crippen MR) is 122 cm³/mol. The van der Waals surface area contributed by atoms with Gasteiger partial charge in [0.1, 0.15) is 11.8 Å². The van der Waals surface area contributed by atoms with E-state index in [-0.39, 0.29) is 29.5 Å². The van der Waals surface area contributed by atoms with Crippen molar-refractivity contribution in [2.75, 3.05) is 0 Å². The molecule has 1 amide bonds. The van der Waals surface area contributed by atoms with Gasteiger partial charge in [0.2, 0.25) is 11.9 Å². The number of nitrogens with zero attached hydrogens (tertiary/aromatic N) is 2. The molecule has 0 bridgehead atoms. The molecule has 0 aromatic heterocycles. The average Bonchev–Trinajstić information content (AvgIpc) is 2.77. The van der Waals surface area contributed by atoms with Gasteiger partial charge in [-0.05, 0) is 41.8 Å². The highest BCUT2D eigenvalue weighted by molar-refractivity contribution is 6.31. The summed E-state index contributed by atoms with van der Waals surface area (Å²) in [7, 11) is 0. The van der Waals surface area contributed by atoms with Crippen LogP contribution in [0.4, 0.5) is 0 Å². The van der Waals surface area contributed by atoms with Crippen molar-refractivity contribution in [3.63, 3.8) is 0 Å². The van der Waals surface area contributed by atoms with Gasteiger partial charge in [-0.3, -0.25) is 14.9 Å². The van der Waals surface area contributed by atoms with Crippen molar-refractivity contribution in [3.05, 3.63) is 110 Å². The second-order valence-corrected chi connectivity index (χ2v) is 8.56. The van der Waals surface area contributed by atoms with Crippen molar-refractivity contribution in [1.29, 1.82) is 0 Å². The van der Waals surface area contributed by atoms with Crippen LogP contribution in [0.2, 0.25) is 5.02 Å². The summed E-state index contributed by atoms with van der Waals surface area (Å²) < 4.78 is 0. The van der Waals surface area contributed by atoms with Crippen molar-refractivity contribution in [1.82, 2.24) is 4.90 Å². The Bertz CT molecular complexity index is 1130. The summed E-state index contributed by atoms with van der Waals surface area (Å²) in [6.45, 7) is 2.23. The standard InChI is InChI=1S/C25H23ClN2O4/c1-16-6-8-17(9-7-16)15-27-23(30)14-21(20-4-2-3-5-22(20)26)25(28(31)32)24(27)18-10-12-19(29)13-11-18/h2-13,21,24-25,29H,14-15H2,1H3/t21-,24+,25-/m0/s1. The van der Waals surface area contributed by atoms with E-state index in [0.29, 0.717) is 16.1 Å². The van der Waals surface area contributed by atoms with E-state index < -0.39 is 18.0 Å². The number of piperidine rings is 1. The van der Waals surface area contributed by atoms with Gasteiger partial charge in [0.05, 0.1) is 5.92 Å². The number of aryl methyl sites for hydroxylation is 1. The fraction of sp³-hybridized carbons (Fsp3) is 0.240. The lowest BCUT2D eigenvalue weighted by Crippen LogP contribution is -2.51. The molecule has 1 heterocycles. The monoisotopic (exact) mass is 450 g/mol. The van der Waals surface area contributed by atoms with Gasteiger partial charge in [0, 0.05) is 22.9 Å². The fourth-order valence-corrected chi connectivity index (χ4v) is 4.72. The number of carbonyl (C=O) groups excluding carboxylic acids is 1. The third-order valence-corrected chi connectivity index (χ3v) is 6.39. The molecule has 164 valence electrons. The predicted octanol–water partition coefficient (Wildman–Crippen LogP) is 5.26. The van der Waals surface area contributed by atoms with Crippen molar-refractivity contribution < 1.29 is 14.8 Å². The van der Waals surface area contributed by atoms with Crippen LogP contribution in [0.5, 0.6) is 5.75 Å². The van der Waals surface area contributed by atoms with Gasteiger partial charge in [0.15, 0.2) is 0 Å². The number of hydrogen-bond acceptors (Lipinski definition) is 4. The Labute approximate surface area is 191 Å². The molecule has 7 heteroatoms. The number of likely N-dealkylation sites (tertiary alicyclic amines) is 1. The number of hydrogen-bond donors (Lipinski definition) is 1. The van der Waals surface area contributed by atoms with E-state index in [1.807, 2.05) is 31.2 Å². The molecule has 3 aromatic carbocycles. The molecule has 1 aliphatic heterocycles. The molecule has 3 atom stereocenters. The summed E-state index contributed by atoms with van der Waals surface area (Å²) in [6, 6.07) is 19.1. The molecule has 3 aromatic rings. The lowest BCUT2D eigenvalue weighted by atomic mass is 9.78. The van der Waals surface area contributed by atoms with E-state index in [4.69, 9.17) is 11.6 Å². The molecule has 0 saturated carbocycles. The lowest BCUT2D eigenvalue weighted by molar-refractivity contribution is -0.537. The zero-order chi connectivity index (χ0) is 22.8. The summed E-state index contributed by atoms with van der Waals surface area (Å²) in [4.78, 5) is 27.1. The maximum Gasteiger partial charge on any atom is 0.244 e. The van der Waals surface area contributed by atoms with Crippen LogP contribution in [0.15, 0.2) is 72.8 Å². The highest BCUT2D eigenvalue weighted by Gasteiger charge is 2.51. The molecule has 0 aliphatic carbocycles. The third kappa shape index (κ3) is 4.32. The molecule has 6 nitrogen and oxygen atoms in total. The van der Waals surface area contributed by atoms with Crippen LogP contribution in [0, 0.1) is 17.0 Å². The topological polar surface area (TPSA) is 83.7 Å². The Morgan fingerprint density at radius 3 is 2.34 bits per heavy atom. The first kappa shape index (κ1) is 21.8. The van der Waals surface area contributed by atoms with Gasteiger partial charge in [0.25, 0.3) is 0 Å². The smallest absolute Gasteiger partial charge is 0.244 e. The van der Waals surface area contributed by atoms with Crippen molar-refractivity contribution in [3.8, 4) is 5.75 Å². The van der Waals surface area contributed by atoms with Crippen molar-refractivity contribution in [2.45, 2.75) is 37.9 Å². The second-order valence-electron chi connectivity index (χ2n) is 8.15. The van der Waals surface area contributed by atoms with Crippen LogP contribution < -0.4 is 0 Å². The first-order valence-electron chi connectivity index (χ1n) is 10.4. The average molecular weight is 451 g/mol. The van der Waals surface area contributed by atoms with Crippen LogP contribution in [0.1, 0.15) is 40.6 Å². The van der Waals surface area contributed by atoms with Crippen LogP contribution >= 0.6 is 11.6 Å². The van der Waals surface area contributed by atoms with E-state index in [1.165, 1.54) is 12.1 Å². The van der Waals surface area contributed by atoms with Crippen LogP contribution in [-0.4, -0.2) is 26.9 Å². The summed E-state index contributed by atoms with van der Waals surface area (Å²) in [5.41, 5.74) is 3.19. The molecule has 1 saturated heterocycles. The normalized spacial score (nSPS) is 20.9. The largest absolute Gasteiger partial charge is 0.508 e. The Morgan fingerprint density at radius 2 is 1.72 bits per heavy atom. The molecule has 1 fully saturated rings. The zero-order valence-corrected chi connectivity index (χ0v) is 18.3. The van der Waals surface area contributed by atoms with Gasteiger partial charge in [-0.15, -0.1) is 0 Å². The number of amides is 1. The minimum Gasteiger partial charge on any atom is -0.508 e. The molecular weight excluding hydrogens is 428 g/mol. The molecule has 1 N–H and O–H groups in total. The Balaban J connectivity index is 1.82. The summed E-state index contributed by atoms with van der Waals surface area (Å²) >= 11 is 6.39. The van der Waals surface area contributed by atoms with Gasteiger partial charge in [-0.1, -0.05) is 71.8 Å². The number of benzene rings is 3. The molecular formula is C25H23ClN2O4. The van der Waals surface area contributed by atoms with E-state index in [2.05, 4.69) is 0 Å². The fourth-order valence-electron chi connectivity index (χ4n) is 4.44. The number of halogens is 1. The van der Waals surface area contributed by atoms with Crippen LogP contribution in [0.25, 0.3) is 0 Å². The quantitative estimate of drug-likeness (QED) is 0.424. The lowest BCUT2D eigenvalue weighted by Gasteiger charge is -2.41. The molecule has 0 spiro atoms. The van der Waals surface area contributed by atoms with Crippen molar-refractivity contribution >= 4 is 17.5 Å². The maximum atomic E-state index is 13.4. The number of nitro groups is 1. The van der Waals surface area contributed by atoms with E-state index in [9.17, 15) is 20.0 Å². The highest BCUT2D eigenvalue weighted by atomic mass is 35.5. The number of carbonyl (C=O) groups is 1. The summed E-state index contributed by atoms with van der Waals surface area (Å²) in [6.07, 6.45) is -0.00414. The summed E-state index contributed by atoms with van der Waals surface area (Å²) in [5.74, 6) is -0.785. The Hall–Kier alpha value is -3.38.